The highest BCUT2D eigenvalue weighted by Gasteiger charge is 2.11. The van der Waals surface area contributed by atoms with E-state index in [4.69, 9.17) is 0 Å². The molecule has 2 N–H and O–H groups in total. The van der Waals surface area contributed by atoms with Gasteiger partial charge in [-0.1, -0.05) is 35.6 Å². The number of halogens is 1. The number of carbonyl (C=O) groups is 1. The average Bonchev–Trinajstić information content (AvgIpc) is 2.89. The van der Waals surface area contributed by atoms with Gasteiger partial charge in [-0.3, -0.25) is 5.32 Å². The van der Waals surface area contributed by atoms with Gasteiger partial charge in [0.15, 0.2) is 5.13 Å². The van der Waals surface area contributed by atoms with Crippen molar-refractivity contribution in [2.45, 2.75) is 13.0 Å². The number of urea groups is 1. The van der Waals surface area contributed by atoms with E-state index in [2.05, 4.69) is 15.6 Å². The van der Waals surface area contributed by atoms with Gasteiger partial charge in [0.05, 0.1) is 16.3 Å². The number of benzene rings is 2. The van der Waals surface area contributed by atoms with E-state index in [9.17, 15) is 9.18 Å². The number of para-hydroxylation sites is 1. The lowest BCUT2D eigenvalue weighted by atomic mass is 10.1. The molecule has 3 aromatic rings. The average molecular weight is 315 g/mol. The summed E-state index contributed by atoms with van der Waals surface area (Å²) in [6.45, 7) is 1.84. The van der Waals surface area contributed by atoms with Gasteiger partial charge >= 0.3 is 6.03 Å². The Labute approximate surface area is 131 Å². The smallest absolute Gasteiger partial charge is 0.321 e. The number of anilines is 1. The zero-order valence-corrected chi connectivity index (χ0v) is 12.7. The highest BCUT2D eigenvalue weighted by atomic mass is 32.1. The molecule has 0 aliphatic rings. The highest BCUT2D eigenvalue weighted by Crippen LogP contribution is 2.25. The molecule has 0 spiro atoms. The van der Waals surface area contributed by atoms with E-state index in [0.29, 0.717) is 5.13 Å². The molecule has 6 heteroatoms. The normalized spacial score (nSPS) is 12.1. The van der Waals surface area contributed by atoms with Crippen LogP contribution >= 0.6 is 11.3 Å². The predicted molar refractivity (Wildman–Crippen MR) is 86.6 cm³/mol. The molecule has 1 unspecified atom stereocenters. The van der Waals surface area contributed by atoms with Crippen molar-refractivity contribution in [1.29, 1.82) is 0 Å². The second-order valence-corrected chi connectivity index (χ2v) is 5.89. The van der Waals surface area contributed by atoms with E-state index < -0.39 is 0 Å². The lowest BCUT2D eigenvalue weighted by Gasteiger charge is -2.14. The SMILES string of the molecule is CC(NC(=O)Nc1nc2ccccc2s1)c1ccc(F)cc1. The van der Waals surface area contributed by atoms with Crippen molar-refractivity contribution in [3.63, 3.8) is 0 Å². The molecule has 0 bridgehead atoms. The van der Waals surface area contributed by atoms with Gasteiger partial charge < -0.3 is 5.32 Å². The van der Waals surface area contributed by atoms with Crippen LogP contribution in [-0.4, -0.2) is 11.0 Å². The number of thiazole rings is 1. The molecule has 1 heterocycles. The fraction of sp³-hybridized carbons (Fsp3) is 0.125. The Morgan fingerprint density at radius 3 is 2.64 bits per heavy atom. The Hall–Kier alpha value is -2.47. The number of fused-ring (bicyclic) bond motifs is 1. The van der Waals surface area contributed by atoms with Crippen LogP contribution in [0.2, 0.25) is 0 Å². The van der Waals surface area contributed by atoms with Crippen LogP contribution in [0, 0.1) is 5.82 Å². The standard InChI is InChI=1S/C16H14FN3OS/c1-10(11-6-8-12(17)9-7-11)18-15(21)20-16-19-13-4-2-3-5-14(13)22-16/h2-10H,1H3,(H2,18,19,20,21). The molecule has 22 heavy (non-hydrogen) atoms. The summed E-state index contributed by atoms with van der Waals surface area (Å²) in [6.07, 6.45) is 0. The number of hydrogen-bond donors (Lipinski definition) is 2. The Kier molecular flexibility index (Phi) is 4.02. The second kappa shape index (κ2) is 6.11. The maximum absolute atomic E-state index is 12.9. The highest BCUT2D eigenvalue weighted by molar-refractivity contribution is 7.22. The third-order valence-corrected chi connectivity index (χ3v) is 4.18. The molecule has 0 saturated carbocycles. The van der Waals surface area contributed by atoms with Gasteiger partial charge in [0.25, 0.3) is 0 Å². The number of amides is 2. The van der Waals surface area contributed by atoms with Crippen LogP contribution < -0.4 is 10.6 Å². The van der Waals surface area contributed by atoms with E-state index in [1.807, 2.05) is 31.2 Å². The van der Waals surface area contributed by atoms with E-state index in [-0.39, 0.29) is 17.9 Å². The lowest BCUT2D eigenvalue weighted by molar-refractivity contribution is 0.249. The van der Waals surface area contributed by atoms with Crippen molar-refractivity contribution in [1.82, 2.24) is 10.3 Å². The van der Waals surface area contributed by atoms with Crippen LogP contribution in [0.1, 0.15) is 18.5 Å². The Bertz CT molecular complexity index is 768. The molecule has 0 aliphatic heterocycles. The minimum atomic E-state index is -0.337. The van der Waals surface area contributed by atoms with Crippen molar-refractivity contribution >= 4 is 32.7 Å². The monoisotopic (exact) mass is 315 g/mol. The van der Waals surface area contributed by atoms with Crippen molar-refractivity contribution in [3.8, 4) is 0 Å². The first kappa shape index (κ1) is 14.5. The largest absolute Gasteiger partial charge is 0.331 e. The van der Waals surface area contributed by atoms with Gasteiger partial charge in [0.2, 0.25) is 0 Å². The molecular weight excluding hydrogens is 301 g/mol. The molecule has 1 atom stereocenters. The molecule has 2 aromatic carbocycles. The number of hydrogen-bond acceptors (Lipinski definition) is 3. The van der Waals surface area contributed by atoms with Crippen molar-refractivity contribution in [3.05, 3.63) is 59.9 Å². The van der Waals surface area contributed by atoms with E-state index in [1.165, 1.54) is 23.5 Å². The minimum absolute atomic E-state index is 0.227. The van der Waals surface area contributed by atoms with E-state index in [0.717, 1.165) is 15.8 Å². The topological polar surface area (TPSA) is 54.0 Å². The summed E-state index contributed by atoms with van der Waals surface area (Å²) in [5.41, 5.74) is 1.69. The number of aromatic nitrogens is 1. The predicted octanol–water partition coefficient (Wildman–Crippen LogP) is 4.32. The second-order valence-electron chi connectivity index (χ2n) is 4.86. The van der Waals surface area contributed by atoms with E-state index in [1.54, 1.807) is 12.1 Å². The van der Waals surface area contributed by atoms with E-state index >= 15 is 0 Å². The van der Waals surface area contributed by atoms with Gasteiger partial charge in [0.1, 0.15) is 5.82 Å². The van der Waals surface area contributed by atoms with Gasteiger partial charge in [-0.05, 0) is 36.8 Å². The molecule has 1 aromatic heterocycles. The Balaban J connectivity index is 1.65. The van der Waals surface area contributed by atoms with Crippen LogP contribution in [0.3, 0.4) is 0 Å². The van der Waals surface area contributed by atoms with Crippen LogP contribution in [0.15, 0.2) is 48.5 Å². The zero-order chi connectivity index (χ0) is 15.5. The number of rotatable bonds is 3. The summed E-state index contributed by atoms with van der Waals surface area (Å²) in [7, 11) is 0. The van der Waals surface area contributed by atoms with Crippen molar-refractivity contribution < 1.29 is 9.18 Å². The first-order chi connectivity index (χ1) is 10.6. The maximum Gasteiger partial charge on any atom is 0.321 e. The summed E-state index contributed by atoms with van der Waals surface area (Å²) in [5, 5.41) is 6.08. The van der Waals surface area contributed by atoms with Crippen LogP contribution in [0.5, 0.6) is 0 Å². The number of nitrogens with one attached hydrogen (secondary N) is 2. The van der Waals surface area contributed by atoms with Crippen LogP contribution in [0.25, 0.3) is 10.2 Å². The molecule has 0 aliphatic carbocycles. The zero-order valence-electron chi connectivity index (χ0n) is 11.8. The van der Waals surface area contributed by atoms with Gasteiger partial charge in [-0.15, -0.1) is 0 Å². The summed E-state index contributed by atoms with van der Waals surface area (Å²) < 4.78 is 13.9. The molecule has 0 fully saturated rings. The molecule has 112 valence electrons. The molecule has 3 rings (SSSR count). The molecule has 0 saturated heterocycles. The van der Waals surface area contributed by atoms with Gasteiger partial charge in [-0.25, -0.2) is 14.2 Å². The van der Waals surface area contributed by atoms with Crippen molar-refractivity contribution in [2.24, 2.45) is 0 Å². The summed E-state index contributed by atoms with van der Waals surface area (Å²) in [5.74, 6) is -0.296. The summed E-state index contributed by atoms with van der Waals surface area (Å²) in [4.78, 5) is 16.4. The fourth-order valence-electron chi connectivity index (χ4n) is 2.09. The molecule has 4 nitrogen and oxygen atoms in total. The third-order valence-electron chi connectivity index (χ3n) is 3.23. The Morgan fingerprint density at radius 2 is 1.91 bits per heavy atom. The van der Waals surface area contributed by atoms with Crippen molar-refractivity contribution in [2.75, 3.05) is 5.32 Å². The molecule has 0 radical (unpaired) electrons. The number of nitrogens with zero attached hydrogens (tertiary/aromatic N) is 1. The summed E-state index contributed by atoms with van der Waals surface area (Å²) in [6, 6.07) is 13.2. The quantitative estimate of drug-likeness (QED) is 0.756. The number of carbonyl (C=O) groups excluding carboxylic acids is 1. The van der Waals surface area contributed by atoms with Gasteiger partial charge in [-0.2, -0.15) is 0 Å². The maximum atomic E-state index is 12.9. The van der Waals surface area contributed by atoms with Gasteiger partial charge in [0, 0.05) is 0 Å². The van der Waals surface area contributed by atoms with Crippen LogP contribution in [-0.2, 0) is 0 Å². The Morgan fingerprint density at radius 1 is 1.18 bits per heavy atom. The lowest BCUT2D eigenvalue weighted by Crippen LogP contribution is -2.31. The van der Waals surface area contributed by atoms with Crippen LogP contribution in [0.4, 0.5) is 14.3 Å². The third kappa shape index (κ3) is 3.23. The molecule has 2 amide bonds. The molecular formula is C16H14FN3OS. The minimum Gasteiger partial charge on any atom is -0.331 e. The first-order valence-corrected chi connectivity index (χ1v) is 7.62. The first-order valence-electron chi connectivity index (χ1n) is 6.80. The summed E-state index contributed by atoms with van der Waals surface area (Å²) >= 11 is 1.42. The fourth-order valence-corrected chi connectivity index (χ4v) is 2.95.